The van der Waals surface area contributed by atoms with Crippen molar-refractivity contribution < 1.29 is 0 Å². The quantitative estimate of drug-likeness (QED) is 0.858. The van der Waals surface area contributed by atoms with Gasteiger partial charge in [0.1, 0.15) is 0 Å². The molecule has 0 spiro atoms. The standard InChI is InChI=1S/C17H30ClN3/c1-5-12-8-9-15(19-4)13(10-12)11-16-17(18)14(6-2)20-21(16)7-3/h12-13,15,19H,5-11H2,1-4H3. The van der Waals surface area contributed by atoms with E-state index >= 15 is 0 Å². The van der Waals surface area contributed by atoms with Gasteiger partial charge in [-0.15, -0.1) is 0 Å². The Morgan fingerprint density at radius 2 is 2.05 bits per heavy atom. The molecule has 0 aliphatic heterocycles. The van der Waals surface area contributed by atoms with Crippen molar-refractivity contribution in [3.05, 3.63) is 16.4 Å². The van der Waals surface area contributed by atoms with Gasteiger partial charge in [0, 0.05) is 12.6 Å². The summed E-state index contributed by atoms with van der Waals surface area (Å²) in [7, 11) is 2.10. The highest BCUT2D eigenvalue weighted by Gasteiger charge is 2.30. The topological polar surface area (TPSA) is 29.9 Å². The largest absolute Gasteiger partial charge is 0.317 e. The predicted octanol–water partition coefficient (Wildman–Crippen LogP) is 4.08. The van der Waals surface area contributed by atoms with Gasteiger partial charge in [0.25, 0.3) is 0 Å². The lowest BCUT2D eigenvalue weighted by molar-refractivity contribution is 0.202. The molecule has 3 atom stereocenters. The summed E-state index contributed by atoms with van der Waals surface area (Å²) in [6, 6.07) is 0.620. The summed E-state index contributed by atoms with van der Waals surface area (Å²) in [4.78, 5) is 0. The SMILES string of the molecule is CCc1nn(CC)c(CC2CC(CC)CCC2NC)c1Cl. The van der Waals surface area contributed by atoms with Gasteiger partial charge < -0.3 is 5.32 Å². The molecule has 1 N–H and O–H groups in total. The van der Waals surface area contributed by atoms with Crippen LogP contribution in [0.25, 0.3) is 0 Å². The van der Waals surface area contributed by atoms with Crippen LogP contribution in [0.2, 0.25) is 5.02 Å². The normalized spacial score (nSPS) is 26.2. The maximum Gasteiger partial charge on any atom is 0.0849 e. The van der Waals surface area contributed by atoms with Crippen molar-refractivity contribution in [2.45, 2.75) is 71.9 Å². The molecule has 0 aromatic carbocycles. The number of nitrogens with one attached hydrogen (secondary N) is 1. The van der Waals surface area contributed by atoms with E-state index < -0.39 is 0 Å². The fourth-order valence-corrected chi connectivity index (χ4v) is 4.14. The summed E-state index contributed by atoms with van der Waals surface area (Å²) >= 11 is 6.59. The summed E-state index contributed by atoms with van der Waals surface area (Å²) in [5.41, 5.74) is 2.30. The monoisotopic (exact) mass is 311 g/mol. The molecule has 2 rings (SSSR count). The van der Waals surface area contributed by atoms with E-state index in [9.17, 15) is 0 Å². The van der Waals surface area contributed by atoms with Gasteiger partial charge in [0.2, 0.25) is 0 Å². The van der Waals surface area contributed by atoms with Crippen LogP contribution in [0, 0.1) is 11.8 Å². The smallest absolute Gasteiger partial charge is 0.0849 e. The van der Waals surface area contributed by atoms with E-state index in [0.717, 1.165) is 36.0 Å². The summed E-state index contributed by atoms with van der Waals surface area (Å²) in [6.45, 7) is 7.50. The highest BCUT2D eigenvalue weighted by molar-refractivity contribution is 6.31. The van der Waals surface area contributed by atoms with E-state index in [1.54, 1.807) is 0 Å². The first kappa shape index (κ1) is 16.8. The summed E-state index contributed by atoms with van der Waals surface area (Å²) in [6.07, 6.45) is 7.23. The maximum absolute atomic E-state index is 6.59. The van der Waals surface area contributed by atoms with Crippen LogP contribution in [0.1, 0.15) is 57.8 Å². The first-order valence-electron chi connectivity index (χ1n) is 8.55. The van der Waals surface area contributed by atoms with Gasteiger partial charge in [0.15, 0.2) is 0 Å². The van der Waals surface area contributed by atoms with Gasteiger partial charge in [-0.1, -0.05) is 31.9 Å². The lowest BCUT2D eigenvalue weighted by atomic mass is 9.75. The first-order valence-corrected chi connectivity index (χ1v) is 8.93. The Morgan fingerprint density at radius 1 is 1.29 bits per heavy atom. The van der Waals surface area contributed by atoms with E-state index in [0.29, 0.717) is 12.0 Å². The van der Waals surface area contributed by atoms with Gasteiger partial charge in [-0.3, -0.25) is 4.68 Å². The number of hydrogen-bond acceptors (Lipinski definition) is 2. The lowest BCUT2D eigenvalue weighted by Gasteiger charge is -2.36. The second-order valence-corrected chi connectivity index (χ2v) is 6.70. The van der Waals surface area contributed by atoms with Gasteiger partial charge in [-0.2, -0.15) is 5.10 Å². The van der Waals surface area contributed by atoms with Crippen molar-refractivity contribution in [1.82, 2.24) is 15.1 Å². The fraction of sp³-hybridized carbons (Fsp3) is 0.824. The number of rotatable bonds is 6. The van der Waals surface area contributed by atoms with Crippen LogP contribution < -0.4 is 5.32 Å². The van der Waals surface area contributed by atoms with Crippen molar-refractivity contribution in [1.29, 1.82) is 0 Å². The molecule has 1 saturated carbocycles. The molecule has 1 aliphatic rings. The van der Waals surface area contributed by atoms with Gasteiger partial charge >= 0.3 is 0 Å². The zero-order chi connectivity index (χ0) is 15.4. The van der Waals surface area contributed by atoms with E-state index in [1.165, 1.54) is 31.4 Å². The van der Waals surface area contributed by atoms with Crippen LogP contribution in [0.15, 0.2) is 0 Å². The molecule has 1 aromatic heterocycles. The first-order chi connectivity index (χ1) is 10.1. The molecule has 0 saturated heterocycles. The molecule has 0 amide bonds. The van der Waals surface area contributed by atoms with Crippen molar-refractivity contribution in [3.63, 3.8) is 0 Å². The summed E-state index contributed by atoms with van der Waals surface area (Å²) < 4.78 is 2.11. The van der Waals surface area contributed by atoms with Crippen molar-refractivity contribution >= 4 is 11.6 Å². The molecule has 0 radical (unpaired) electrons. The van der Waals surface area contributed by atoms with E-state index in [1.807, 2.05) is 0 Å². The molecule has 1 heterocycles. The molecule has 1 fully saturated rings. The third-order valence-corrected chi connectivity index (χ3v) is 5.63. The molecule has 21 heavy (non-hydrogen) atoms. The zero-order valence-electron chi connectivity index (χ0n) is 14.0. The number of nitrogens with zero attached hydrogens (tertiary/aromatic N) is 2. The molecule has 3 unspecified atom stereocenters. The van der Waals surface area contributed by atoms with Crippen LogP contribution in [0.3, 0.4) is 0 Å². The van der Waals surface area contributed by atoms with Crippen LogP contribution in [-0.2, 0) is 19.4 Å². The second kappa shape index (κ2) is 7.64. The minimum absolute atomic E-state index is 0.620. The van der Waals surface area contributed by atoms with E-state index in [-0.39, 0.29) is 0 Å². The van der Waals surface area contributed by atoms with Crippen LogP contribution in [0.5, 0.6) is 0 Å². The molecule has 3 nitrogen and oxygen atoms in total. The minimum atomic E-state index is 0.620. The number of aromatic nitrogens is 2. The predicted molar refractivity (Wildman–Crippen MR) is 90.0 cm³/mol. The van der Waals surface area contributed by atoms with Crippen LogP contribution in [-0.4, -0.2) is 22.9 Å². The minimum Gasteiger partial charge on any atom is -0.317 e. The highest BCUT2D eigenvalue weighted by atomic mass is 35.5. The van der Waals surface area contributed by atoms with Crippen molar-refractivity contribution in [3.8, 4) is 0 Å². The molecular weight excluding hydrogens is 282 g/mol. The maximum atomic E-state index is 6.59. The Hall–Kier alpha value is -0.540. The Labute approximate surface area is 134 Å². The average molecular weight is 312 g/mol. The number of hydrogen-bond donors (Lipinski definition) is 1. The molecule has 120 valence electrons. The van der Waals surface area contributed by atoms with Gasteiger partial charge in [-0.05, 0) is 57.9 Å². The molecular formula is C17H30ClN3. The average Bonchev–Trinajstić information content (AvgIpc) is 2.83. The Bertz CT molecular complexity index is 455. The van der Waals surface area contributed by atoms with Crippen LogP contribution >= 0.6 is 11.6 Å². The van der Waals surface area contributed by atoms with Gasteiger partial charge in [-0.25, -0.2) is 0 Å². The van der Waals surface area contributed by atoms with Gasteiger partial charge in [0.05, 0.1) is 16.4 Å². The fourth-order valence-electron chi connectivity index (χ4n) is 3.80. The molecule has 1 aliphatic carbocycles. The van der Waals surface area contributed by atoms with Crippen molar-refractivity contribution in [2.24, 2.45) is 11.8 Å². The third-order valence-electron chi connectivity index (χ3n) is 5.19. The summed E-state index contributed by atoms with van der Waals surface area (Å²) in [5, 5.41) is 9.10. The Kier molecular flexibility index (Phi) is 6.12. The second-order valence-electron chi connectivity index (χ2n) is 6.32. The molecule has 4 heteroatoms. The van der Waals surface area contributed by atoms with Crippen molar-refractivity contribution in [2.75, 3.05) is 7.05 Å². The molecule has 1 aromatic rings. The highest BCUT2D eigenvalue weighted by Crippen LogP contribution is 2.35. The molecule has 0 bridgehead atoms. The lowest BCUT2D eigenvalue weighted by Crippen LogP contribution is -2.40. The Morgan fingerprint density at radius 3 is 2.62 bits per heavy atom. The van der Waals surface area contributed by atoms with E-state index in [2.05, 4.69) is 42.9 Å². The zero-order valence-corrected chi connectivity index (χ0v) is 14.7. The number of aryl methyl sites for hydroxylation is 2. The number of halogens is 1. The van der Waals surface area contributed by atoms with Crippen LogP contribution in [0.4, 0.5) is 0 Å². The Balaban J connectivity index is 2.20. The third kappa shape index (κ3) is 3.62. The summed E-state index contributed by atoms with van der Waals surface area (Å²) in [5.74, 6) is 1.56. The van der Waals surface area contributed by atoms with E-state index in [4.69, 9.17) is 11.6 Å².